The van der Waals surface area contributed by atoms with Crippen LogP contribution < -0.4 is 10.6 Å². The van der Waals surface area contributed by atoms with Gasteiger partial charge in [0.05, 0.1) is 6.54 Å². The molecule has 1 aromatic rings. The van der Waals surface area contributed by atoms with Gasteiger partial charge in [0, 0.05) is 31.9 Å². The lowest BCUT2D eigenvalue weighted by Crippen LogP contribution is -2.42. The molecule has 1 saturated heterocycles. The van der Waals surface area contributed by atoms with Gasteiger partial charge in [-0.2, -0.15) is 0 Å². The monoisotopic (exact) mass is 426 g/mol. The van der Waals surface area contributed by atoms with Gasteiger partial charge in [-0.3, -0.25) is 0 Å². The summed E-state index contributed by atoms with van der Waals surface area (Å²) in [6, 6.07) is 8.67. The zero-order chi connectivity index (χ0) is 15.4. The average Bonchev–Trinajstić information content (AvgIpc) is 3.08. The van der Waals surface area contributed by atoms with E-state index in [2.05, 4.69) is 58.1 Å². The van der Waals surface area contributed by atoms with Crippen LogP contribution >= 0.6 is 24.0 Å². The van der Waals surface area contributed by atoms with E-state index in [4.69, 9.17) is 5.73 Å². The first kappa shape index (κ1) is 18.1. The van der Waals surface area contributed by atoms with Crippen molar-refractivity contribution in [3.05, 3.63) is 42.0 Å². The van der Waals surface area contributed by atoms with Crippen molar-refractivity contribution >= 4 is 35.6 Å². The van der Waals surface area contributed by atoms with E-state index < -0.39 is 0 Å². The number of hydrogen-bond donors (Lipinski definition) is 1. The van der Waals surface area contributed by atoms with Gasteiger partial charge in [0.15, 0.2) is 5.96 Å². The van der Waals surface area contributed by atoms with Crippen molar-refractivity contribution in [2.24, 2.45) is 16.6 Å². The summed E-state index contributed by atoms with van der Waals surface area (Å²) in [6.45, 7) is 7.07. The average molecular weight is 426 g/mol. The van der Waals surface area contributed by atoms with Gasteiger partial charge in [0.2, 0.25) is 0 Å². The predicted octanol–water partition coefficient (Wildman–Crippen LogP) is 3.23. The second-order valence-corrected chi connectivity index (χ2v) is 6.39. The number of benzene rings is 1. The summed E-state index contributed by atoms with van der Waals surface area (Å²) in [7, 11) is 0. The minimum Gasteiger partial charge on any atom is -0.370 e. The van der Waals surface area contributed by atoms with Crippen LogP contribution in [-0.2, 0) is 6.54 Å². The number of guanidine groups is 1. The number of piperidine rings is 1. The van der Waals surface area contributed by atoms with Gasteiger partial charge in [-0.25, -0.2) is 4.99 Å². The molecule has 0 bridgehead atoms. The van der Waals surface area contributed by atoms with E-state index >= 15 is 0 Å². The van der Waals surface area contributed by atoms with Crippen LogP contribution in [0.15, 0.2) is 41.4 Å². The number of likely N-dealkylation sites (tertiary alicyclic amines) is 1. The molecule has 4 nitrogen and oxygen atoms in total. The number of hydrogen-bond acceptors (Lipinski definition) is 2. The Morgan fingerprint density at radius 1 is 1.13 bits per heavy atom. The highest BCUT2D eigenvalue weighted by Crippen LogP contribution is 2.18. The molecule has 0 aromatic heterocycles. The smallest absolute Gasteiger partial charge is 0.191 e. The van der Waals surface area contributed by atoms with Gasteiger partial charge in [0.1, 0.15) is 0 Å². The SMILES string of the molecule is CC1CCN(C(N)=NCc2ccc(N3CC=CC3)cc2)CC1.I. The van der Waals surface area contributed by atoms with E-state index in [1.165, 1.54) is 24.1 Å². The van der Waals surface area contributed by atoms with Gasteiger partial charge < -0.3 is 15.5 Å². The quantitative estimate of drug-likeness (QED) is 0.350. The Labute approximate surface area is 156 Å². The Morgan fingerprint density at radius 2 is 1.74 bits per heavy atom. The summed E-state index contributed by atoms with van der Waals surface area (Å²) in [5, 5.41) is 0. The highest BCUT2D eigenvalue weighted by atomic mass is 127. The molecule has 1 fully saturated rings. The fraction of sp³-hybridized carbons (Fsp3) is 0.500. The molecule has 5 heteroatoms. The molecule has 0 saturated carbocycles. The Hall–Kier alpha value is -1.24. The molecule has 0 radical (unpaired) electrons. The van der Waals surface area contributed by atoms with Crippen LogP contribution in [0.2, 0.25) is 0 Å². The van der Waals surface area contributed by atoms with Crippen molar-refractivity contribution in [2.45, 2.75) is 26.3 Å². The topological polar surface area (TPSA) is 44.9 Å². The third-order valence-electron chi connectivity index (χ3n) is 4.65. The molecule has 0 spiro atoms. The zero-order valence-corrected chi connectivity index (χ0v) is 16.1. The number of rotatable bonds is 3. The minimum absolute atomic E-state index is 0. The Kier molecular flexibility index (Phi) is 6.74. The molecule has 1 aromatic carbocycles. The van der Waals surface area contributed by atoms with Crippen molar-refractivity contribution in [1.82, 2.24) is 4.90 Å². The highest BCUT2D eigenvalue weighted by Gasteiger charge is 2.16. The summed E-state index contributed by atoms with van der Waals surface area (Å²) in [5.74, 6) is 1.51. The van der Waals surface area contributed by atoms with Crippen LogP contribution in [0.25, 0.3) is 0 Å². The van der Waals surface area contributed by atoms with Crippen LogP contribution in [-0.4, -0.2) is 37.0 Å². The molecule has 23 heavy (non-hydrogen) atoms. The third kappa shape index (κ3) is 4.86. The second kappa shape index (κ2) is 8.57. The third-order valence-corrected chi connectivity index (χ3v) is 4.65. The highest BCUT2D eigenvalue weighted by molar-refractivity contribution is 14.0. The van der Waals surface area contributed by atoms with Gasteiger partial charge in [0.25, 0.3) is 0 Å². The molecule has 2 aliphatic rings. The first-order valence-corrected chi connectivity index (χ1v) is 8.26. The first-order valence-electron chi connectivity index (χ1n) is 8.26. The van der Waals surface area contributed by atoms with Gasteiger partial charge in [-0.05, 0) is 36.5 Å². The van der Waals surface area contributed by atoms with Crippen LogP contribution in [0.3, 0.4) is 0 Å². The van der Waals surface area contributed by atoms with Gasteiger partial charge >= 0.3 is 0 Å². The summed E-state index contributed by atoms with van der Waals surface area (Å²) >= 11 is 0. The lowest BCUT2D eigenvalue weighted by molar-refractivity contribution is 0.277. The van der Waals surface area contributed by atoms with Crippen molar-refractivity contribution in [3.8, 4) is 0 Å². The predicted molar refractivity (Wildman–Crippen MR) is 109 cm³/mol. The van der Waals surface area contributed by atoms with E-state index in [0.717, 1.165) is 32.1 Å². The minimum atomic E-state index is 0. The largest absolute Gasteiger partial charge is 0.370 e. The Bertz CT molecular complexity index is 537. The molecular weight excluding hydrogens is 399 g/mol. The summed E-state index contributed by atoms with van der Waals surface area (Å²) in [6.07, 6.45) is 6.85. The van der Waals surface area contributed by atoms with Crippen molar-refractivity contribution in [1.29, 1.82) is 0 Å². The number of aliphatic imine (C=N–C) groups is 1. The normalized spacial score (nSPS) is 19.1. The molecule has 2 aliphatic heterocycles. The van der Waals surface area contributed by atoms with Gasteiger partial charge in [-0.15, -0.1) is 24.0 Å². The zero-order valence-electron chi connectivity index (χ0n) is 13.8. The van der Waals surface area contributed by atoms with E-state index in [1.807, 2.05) is 0 Å². The fourth-order valence-electron chi connectivity index (χ4n) is 3.01. The van der Waals surface area contributed by atoms with Gasteiger partial charge in [-0.1, -0.05) is 31.2 Å². The lowest BCUT2D eigenvalue weighted by atomic mass is 10.00. The van der Waals surface area contributed by atoms with Crippen molar-refractivity contribution < 1.29 is 0 Å². The number of halogens is 1. The number of anilines is 1. The summed E-state index contributed by atoms with van der Waals surface area (Å²) in [5.41, 5.74) is 8.62. The molecule has 0 atom stereocenters. The summed E-state index contributed by atoms with van der Waals surface area (Å²) < 4.78 is 0. The van der Waals surface area contributed by atoms with Crippen molar-refractivity contribution in [3.63, 3.8) is 0 Å². The maximum Gasteiger partial charge on any atom is 0.191 e. The fourth-order valence-corrected chi connectivity index (χ4v) is 3.01. The van der Waals surface area contributed by atoms with E-state index in [0.29, 0.717) is 12.5 Å². The molecule has 126 valence electrons. The van der Waals surface area contributed by atoms with Crippen LogP contribution in [0.1, 0.15) is 25.3 Å². The summed E-state index contributed by atoms with van der Waals surface area (Å²) in [4.78, 5) is 9.12. The van der Waals surface area contributed by atoms with E-state index in [1.54, 1.807) is 0 Å². The molecule has 3 rings (SSSR count). The van der Waals surface area contributed by atoms with E-state index in [-0.39, 0.29) is 24.0 Å². The molecule has 2 heterocycles. The lowest BCUT2D eigenvalue weighted by Gasteiger charge is -2.31. The molecule has 2 N–H and O–H groups in total. The molecule has 0 unspecified atom stereocenters. The first-order chi connectivity index (χ1) is 10.7. The van der Waals surface area contributed by atoms with Crippen molar-refractivity contribution in [2.75, 3.05) is 31.1 Å². The maximum atomic E-state index is 6.13. The maximum absolute atomic E-state index is 6.13. The van der Waals surface area contributed by atoms with Crippen LogP contribution in [0.4, 0.5) is 5.69 Å². The van der Waals surface area contributed by atoms with Crippen LogP contribution in [0.5, 0.6) is 0 Å². The Morgan fingerprint density at radius 3 is 2.35 bits per heavy atom. The number of nitrogens with two attached hydrogens (primary N) is 1. The van der Waals surface area contributed by atoms with E-state index in [9.17, 15) is 0 Å². The Balaban J connectivity index is 0.00000192. The standard InChI is InChI=1S/C18H26N4.HI/c1-15-8-12-22(13-9-15)18(19)20-14-16-4-6-17(7-5-16)21-10-2-3-11-21;/h2-7,15H,8-14H2,1H3,(H2,19,20);1H. The second-order valence-electron chi connectivity index (χ2n) is 6.39. The molecule has 0 amide bonds. The van der Waals surface area contributed by atoms with Crippen LogP contribution in [0, 0.1) is 5.92 Å². The number of nitrogens with zero attached hydrogens (tertiary/aromatic N) is 3. The molecule has 0 aliphatic carbocycles. The molecular formula is C18H27IN4.